The lowest BCUT2D eigenvalue weighted by molar-refractivity contribution is 1.19. The molecule has 0 bridgehead atoms. The summed E-state index contributed by atoms with van der Waals surface area (Å²) >= 11 is 0. The van der Waals surface area contributed by atoms with Crippen LogP contribution >= 0.6 is 0 Å². The predicted octanol–water partition coefficient (Wildman–Crippen LogP) is 4.82. The highest BCUT2D eigenvalue weighted by atomic mass is 14.2. The van der Waals surface area contributed by atoms with Crippen molar-refractivity contribution in [3.05, 3.63) is 95.6 Å². The second-order valence-corrected chi connectivity index (χ2v) is 5.05. The molecule has 0 saturated heterocycles. The molecule has 0 aliphatic rings. The number of hydrogen-bond donors (Lipinski definition) is 0. The SMILES string of the molecule is N#Cc1ccc(-c2ccc(Cc3ccccc3)cc2)cc1. The number of nitrogens with zero attached hydrogens (tertiary/aromatic N) is 1. The molecule has 0 fully saturated rings. The molecule has 100 valence electrons. The normalized spacial score (nSPS) is 10.0. The van der Waals surface area contributed by atoms with E-state index in [1.807, 2.05) is 30.3 Å². The van der Waals surface area contributed by atoms with Crippen molar-refractivity contribution in [1.29, 1.82) is 5.26 Å². The van der Waals surface area contributed by atoms with Gasteiger partial charge in [-0.3, -0.25) is 0 Å². The Hall–Kier alpha value is -2.85. The molecule has 0 spiro atoms. The molecule has 0 aromatic heterocycles. The first-order valence-corrected chi connectivity index (χ1v) is 6.98. The zero-order valence-electron chi connectivity index (χ0n) is 11.7. The summed E-state index contributed by atoms with van der Waals surface area (Å²) in [4.78, 5) is 0. The summed E-state index contributed by atoms with van der Waals surface area (Å²) in [5.74, 6) is 0. The van der Waals surface area contributed by atoms with Crippen LogP contribution < -0.4 is 0 Å². The van der Waals surface area contributed by atoms with E-state index in [1.54, 1.807) is 0 Å². The van der Waals surface area contributed by atoms with Gasteiger partial charge in [-0.1, -0.05) is 66.7 Å². The zero-order valence-corrected chi connectivity index (χ0v) is 11.7. The van der Waals surface area contributed by atoms with Crippen LogP contribution in [0.5, 0.6) is 0 Å². The minimum Gasteiger partial charge on any atom is -0.192 e. The van der Waals surface area contributed by atoms with Crippen LogP contribution in [0.3, 0.4) is 0 Å². The Kier molecular flexibility index (Phi) is 3.80. The van der Waals surface area contributed by atoms with E-state index >= 15 is 0 Å². The van der Waals surface area contributed by atoms with Crippen molar-refractivity contribution < 1.29 is 0 Å². The van der Waals surface area contributed by atoms with E-state index < -0.39 is 0 Å². The average molecular weight is 269 g/mol. The van der Waals surface area contributed by atoms with Gasteiger partial charge in [-0.2, -0.15) is 5.26 Å². The van der Waals surface area contributed by atoms with E-state index in [0.717, 1.165) is 12.0 Å². The molecular weight excluding hydrogens is 254 g/mol. The van der Waals surface area contributed by atoms with E-state index in [2.05, 4.69) is 54.6 Å². The number of rotatable bonds is 3. The maximum atomic E-state index is 8.83. The van der Waals surface area contributed by atoms with Crippen LogP contribution in [-0.4, -0.2) is 0 Å². The van der Waals surface area contributed by atoms with Crippen LogP contribution in [-0.2, 0) is 6.42 Å². The van der Waals surface area contributed by atoms with Crippen LogP contribution in [0.4, 0.5) is 0 Å². The minimum absolute atomic E-state index is 0.694. The van der Waals surface area contributed by atoms with Crippen molar-refractivity contribution in [2.24, 2.45) is 0 Å². The van der Waals surface area contributed by atoms with Crippen molar-refractivity contribution in [2.45, 2.75) is 6.42 Å². The van der Waals surface area contributed by atoms with Crippen molar-refractivity contribution in [1.82, 2.24) is 0 Å². The summed E-state index contributed by atoms with van der Waals surface area (Å²) in [6.45, 7) is 0. The lowest BCUT2D eigenvalue weighted by Gasteiger charge is -2.05. The van der Waals surface area contributed by atoms with Crippen LogP contribution in [0.15, 0.2) is 78.9 Å². The topological polar surface area (TPSA) is 23.8 Å². The first-order valence-electron chi connectivity index (χ1n) is 6.98. The molecular formula is C20H15N. The molecule has 3 rings (SSSR count). The third-order valence-electron chi connectivity index (χ3n) is 3.55. The smallest absolute Gasteiger partial charge is 0.0991 e. The molecule has 0 aliphatic carbocycles. The summed E-state index contributed by atoms with van der Waals surface area (Å²) in [5, 5.41) is 8.83. The molecule has 0 aliphatic heterocycles. The van der Waals surface area contributed by atoms with Gasteiger partial charge in [0.2, 0.25) is 0 Å². The summed E-state index contributed by atoms with van der Waals surface area (Å²) in [5.41, 5.74) is 5.64. The maximum absolute atomic E-state index is 8.83. The summed E-state index contributed by atoms with van der Waals surface area (Å²) in [7, 11) is 0. The molecule has 0 radical (unpaired) electrons. The van der Waals surface area contributed by atoms with E-state index in [-0.39, 0.29) is 0 Å². The lowest BCUT2D eigenvalue weighted by Crippen LogP contribution is -1.87. The highest BCUT2D eigenvalue weighted by Gasteiger charge is 2.00. The Bertz CT molecular complexity index is 748. The molecule has 0 saturated carbocycles. The highest BCUT2D eigenvalue weighted by Crippen LogP contribution is 2.21. The van der Waals surface area contributed by atoms with Crippen LogP contribution in [0.1, 0.15) is 16.7 Å². The van der Waals surface area contributed by atoms with Gasteiger partial charge in [0.25, 0.3) is 0 Å². The molecule has 0 N–H and O–H groups in total. The predicted molar refractivity (Wildman–Crippen MR) is 85.8 cm³/mol. The van der Waals surface area contributed by atoms with Gasteiger partial charge in [-0.05, 0) is 40.8 Å². The van der Waals surface area contributed by atoms with Gasteiger partial charge < -0.3 is 0 Å². The van der Waals surface area contributed by atoms with Crippen molar-refractivity contribution in [3.8, 4) is 17.2 Å². The third-order valence-corrected chi connectivity index (χ3v) is 3.55. The first-order chi connectivity index (χ1) is 10.3. The molecule has 0 atom stereocenters. The molecule has 1 nitrogen and oxygen atoms in total. The van der Waals surface area contributed by atoms with Crippen molar-refractivity contribution in [2.75, 3.05) is 0 Å². The Balaban J connectivity index is 1.79. The Labute approximate surface area is 125 Å². The van der Waals surface area contributed by atoms with E-state index in [0.29, 0.717) is 5.56 Å². The first kappa shape index (κ1) is 13.1. The standard InChI is InChI=1S/C20H15N/c21-15-18-8-12-20(13-9-18)19-10-6-17(7-11-19)14-16-4-2-1-3-5-16/h1-13H,14H2. The highest BCUT2D eigenvalue weighted by molar-refractivity contribution is 5.64. The Morgan fingerprint density at radius 3 is 1.71 bits per heavy atom. The van der Waals surface area contributed by atoms with Crippen molar-refractivity contribution in [3.63, 3.8) is 0 Å². The Morgan fingerprint density at radius 1 is 0.619 bits per heavy atom. The summed E-state index contributed by atoms with van der Waals surface area (Å²) in [6, 6.07) is 28.9. The van der Waals surface area contributed by atoms with Crippen molar-refractivity contribution >= 4 is 0 Å². The Morgan fingerprint density at radius 2 is 1.14 bits per heavy atom. The molecule has 0 unspecified atom stereocenters. The molecule has 1 heteroatoms. The van der Waals surface area contributed by atoms with Crippen LogP contribution in [0.2, 0.25) is 0 Å². The van der Waals surface area contributed by atoms with Gasteiger partial charge >= 0.3 is 0 Å². The summed E-state index contributed by atoms with van der Waals surface area (Å²) < 4.78 is 0. The average Bonchev–Trinajstić information content (AvgIpc) is 2.57. The lowest BCUT2D eigenvalue weighted by atomic mass is 10.00. The van der Waals surface area contributed by atoms with Crippen LogP contribution in [0.25, 0.3) is 11.1 Å². The largest absolute Gasteiger partial charge is 0.192 e. The minimum atomic E-state index is 0.694. The quantitative estimate of drug-likeness (QED) is 0.669. The van der Waals surface area contributed by atoms with Gasteiger partial charge in [0.15, 0.2) is 0 Å². The fourth-order valence-electron chi connectivity index (χ4n) is 2.38. The number of benzene rings is 3. The molecule has 0 amide bonds. The second kappa shape index (κ2) is 6.07. The van der Waals surface area contributed by atoms with Gasteiger partial charge in [-0.25, -0.2) is 0 Å². The van der Waals surface area contributed by atoms with E-state index in [9.17, 15) is 0 Å². The fraction of sp³-hybridized carbons (Fsp3) is 0.0500. The number of hydrogen-bond acceptors (Lipinski definition) is 1. The molecule has 0 heterocycles. The second-order valence-electron chi connectivity index (χ2n) is 5.05. The van der Waals surface area contributed by atoms with Gasteiger partial charge in [-0.15, -0.1) is 0 Å². The molecule has 21 heavy (non-hydrogen) atoms. The van der Waals surface area contributed by atoms with Crippen LogP contribution in [0, 0.1) is 11.3 Å². The molecule has 3 aromatic rings. The summed E-state index contributed by atoms with van der Waals surface area (Å²) in [6.07, 6.45) is 0.953. The van der Waals surface area contributed by atoms with E-state index in [4.69, 9.17) is 5.26 Å². The monoisotopic (exact) mass is 269 g/mol. The van der Waals surface area contributed by atoms with E-state index in [1.165, 1.54) is 16.7 Å². The van der Waals surface area contributed by atoms with Gasteiger partial charge in [0.1, 0.15) is 0 Å². The maximum Gasteiger partial charge on any atom is 0.0991 e. The number of nitriles is 1. The molecule has 3 aromatic carbocycles. The van der Waals surface area contributed by atoms with Gasteiger partial charge in [0.05, 0.1) is 11.6 Å². The zero-order chi connectivity index (χ0) is 14.5. The van der Waals surface area contributed by atoms with Gasteiger partial charge in [0, 0.05) is 0 Å². The fourth-order valence-corrected chi connectivity index (χ4v) is 2.38. The third kappa shape index (κ3) is 3.19.